The van der Waals surface area contributed by atoms with E-state index < -0.39 is 0 Å². The number of nitrogens with zero attached hydrogens (tertiary/aromatic N) is 4. The van der Waals surface area contributed by atoms with Gasteiger partial charge in [0, 0.05) is 25.1 Å². The summed E-state index contributed by atoms with van der Waals surface area (Å²) in [6.07, 6.45) is 4.28. The van der Waals surface area contributed by atoms with Crippen LogP contribution in [0.2, 0.25) is 0 Å². The highest BCUT2D eigenvalue weighted by Gasteiger charge is 2.18. The summed E-state index contributed by atoms with van der Waals surface area (Å²) in [5.41, 5.74) is 4.15. The minimum atomic E-state index is -0.0957. The van der Waals surface area contributed by atoms with Crippen molar-refractivity contribution in [2.45, 2.75) is 31.9 Å². The summed E-state index contributed by atoms with van der Waals surface area (Å²) in [6.45, 7) is 2.51. The standard InChI is InChI=1S/C29H30N4O3/c1-32-16-14-26(15-17-32)36-25-12-10-23(11-13-25)22-8-6-21(7-9-22)18-29(35)27-20-33(31-30-27)19-24-4-2-3-5-28(24)34/h2-13,20,26,34H,14-19H2,1H3. The second-order valence-corrected chi connectivity index (χ2v) is 9.37. The largest absolute Gasteiger partial charge is 0.508 e. The molecule has 0 aliphatic carbocycles. The molecule has 3 aromatic carbocycles. The molecular formula is C29H30N4O3. The number of phenolic OH excluding ortho intramolecular Hbond substituents is 1. The number of carbonyl (C=O) groups excluding carboxylic acids is 1. The molecule has 7 nitrogen and oxygen atoms in total. The Morgan fingerprint density at radius 1 is 0.972 bits per heavy atom. The van der Waals surface area contributed by atoms with Gasteiger partial charge in [-0.05, 0) is 54.8 Å². The number of ketones is 1. The number of para-hydroxylation sites is 1. The number of benzene rings is 3. The monoisotopic (exact) mass is 482 g/mol. The van der Waals surface area contributed by atoms with E-state index in [1.165, 1.54) is 0 Å². The van der Waals surface area contributed by atoms with Crippen molar-refractivity contribution in [1.29, 1.82) is 0 Å². The van der Waals surface area contributed by atoms with Crippen LogP contribution in [-0.2, 0) is 13.0 Å². The molecule has 0 bridgehead atoms. The maximum Gasteiger partial charge on any atom is 0.189 e. The predicted molar refractivity (Wildman–Crippen MR) is 138 cm³/mol. The van der Waals surface area contributed by atoms with E-state index >= 15 is 0 Å². The van der Waals surface area contributed by atoms with Gasteiger partial charge in [-0.25, -0.2) is 4.68 Å². The van der Waals surface area contributed by atoms with Crippen molar-refractivity contribution in [3.63, 3.8) is 0 Å². The van der Waals surface area contributed by atoms with Gasteiger partial charge in [0.25, 0.3) is 0 Å². The molecule has 1 fully saturated rings. The van der Waals surface area contributed by atoms with Gasteiger partial charge in [0.1, 0.15) is 23.3 Å². The second-order valence-electron chi connectivity index (χ2n) is 9.37. The second kappa shape index (κ2) is 10.7. The number of hydrogen-bond donors (Lipinski definition) is 1. The fraction of sp³-hybridized carbons (Fsp3) is 0.276. The third-order valence-electron chi connectivity index (χ3n) is 6.62. The van der Waals surface area contributed by atoms with Gasteiger partial charge in [0.15, 0.2) is 5.78 Å². The molecule has 184 valence electrons. The molecule has 7 heteroatoms. The first-order valence-corrected chi connectivity index (χ1v) is 12.3. The SMILES string of the molecule is CN1CCC(Oc2ccc(-c3ccc(CC(=O)c4cn(Cc5ccccc5O)nn4)cc3)cc2)CC1. The lowest BCUT2D eigenvalue weighted by atomic mass is 10.0. The van der Waals surface area contributed by atoms with Gasteiger partial charge in [-0.3, -0.25) is 4.79 Å². The molecule has 4 aromatic rings. The van der Waals surface area contributed by atoms with E-state index in [2.05, 4.69) is 34.4 Å². The van der Waals surface area contributed by atoms with E-state index in [9.17, 15) is 9.90 Å². The maximum atomic E-state index is 12.7. The molecule has 1 aliphatic heterocycles. The normalized spacial score (nSPS) is 14.6. The van der Waals surface area contributed by atoms with Crippen LogP contribution in [0.5, 0.6) is 11.5 Å². The topological polar surface area (TPSA) is 80.5 Å². The third-order valence-corrected chi connectivity index (χ3v) is 6.62. The average Bonchev–Trinajstić information content (AvgIpc) is 3.37. The van der Waals surface area contributed by atoms with E-state index in [4.69, 9.17) is 4.74 Å². The molecule has 0 saturated carbocycles. The Kier molecular flexibility index (Phi) is 7.09. The maximum absolute atomic E-state index is 12.7. The van der Waals surface area contributed by atoms with Crippen LogP contribution < -0.4 is 4.74 Å². The van der Waals surface area contributed by atoms with Crippen LogP contribution in [0.15, 0.2) is 79.0 Å². The molecule has 0 spiro atoms. The lowest BCUT2D eigenvalue weighted by Crippen LogP contribution is -2.35. The highest BCUT2D eigenvalue weighted by Crippen LogP contribution is 2.25. The lowest BCUT2D eigenvalue weighted by Gasteiger charge is -2.29. The zero-order valence-corrected chi connectivity index (χ0v) is 20.4. The first-order valence-electron chi connectivity index (χ1n) is 12.3. The minimum absolute atomic E-state index is 0.0957. The van der Waals surface area contributed by atoms with Crippen molar-refractivity contribution in [2.24, 2.45) is 0 Å². The van der Waals surface area contributed by atoms with E-state index in [0.29, 0.717) is 12.2 Å². The lowest BCUT2D eigenvalue weighted by molar-refractivity contribution is 0.0988. The summed E-state index contributed by atoms with van der Waals surface area (Å²) in [5.74, 6) is 1.01. The van der Waals surface area contributed by atoms with Gasteiger partial charge in [-0.2, -0.15) is 0 Å². The van der Waals surface area contributed by atoms with Crippen LogP contribution in [0, 0.1) is 0 Å². The Balaban J connectivity index is 1.17. The Morgan fingerprint density at radius 2 is 1.64 bits per heavy atom. The van der Waals surface area contributed by atoms with Gasteiger partial charge in [-0.15, -0.1) is 5.10 Å². The first-order chi connectivity index (χ1) is 17.5. The van der Waals surface area contributed by atoms with E-state index in [1.807, 2.05) is 48.5 Å². The highest BCUT2D eigenvalue weighted by atomic mass is 16.5. The van der Waals surface area contributed by atoms with Crippen LogP contribution in [0.1, 0.15) is 34.5 Å². The third kappa shape index (κ3) is 5.80. The van der Waals surface area contributed by atoms with Gasteiger partial charge in [0.2, 0.25) is 0 Å². The number of likely N-dealkylation sites (tertiary alicyclic amines) is 1. The number of carbonyl (C=O) groups is 1. The van der Waals surface area contributed by atoms with Crippen molar-refractivity contribution >= 4 is 5.78 Å². The number of hydrogen-bond acceptors (Lipinski definition) is 6. The fourth-order valence-electron chi connectivity index (χ4n) is 4.43. The molecule has 0 radical (unpaired) electrons. The molecule has 0 unspecified atom stereocenters. The predicted octanol–water partition coefficient (Wildman–Crippen LogP) is 4.60. The van der Waals surface area contributed by atoms with E-state index in [1.54, 1.807) is 23.0 Å². The number of ether oxygens (including phenoxy) is 1. The Labute approximate surface area is 211 Å². The van der Waals surface area contributed by atoms with E-state index in [-0.39, 0.29) is 24.1 Å². The summed E-state index contributed by atoms with van der Waals surface area (Å²) >= 11 is 0. The van der Waals surface area contributed by atoms with Crippen LogP contribution in [0.4, 0.5) is 0 Å². The van der Waals surface area contributed by atoms with Crippen LogP contribution in [0.3, 0.4) is 0 Å². The Morgan fingerprint density at radius 3 is 2.33 bits per heavy atom. The van der Waals surface area contributed by atoms with Crippen LogP contribution >= 0.6 is 0 Å². The summed E-state index contributed by atoms with van der Waals surface area (Å²) in [7, 11) is 2.15. The minimum Gasteiger partial charge on any atom is -0.508 e. The molecule has 1 aromatic heterocycles. The molecule has 0 amide bonds. The number of Topliss-reactive ketones (excluding diaryl/α,β-unsaturated/α-hetero) is 1. The fourth-order valence-corrected chi connectivity index (χ4v) is 4.43. The van der Waals surface area contributed by atoms with Gasteiger partial charge in [0.05, 0.1) is 12.7 Å². The van der Waals surface area contributed by atoms with Crippen molar-refractivity contribution in [1.82, 2.24) is 19.9 Å². The number of phenols is 1. The number of rotatable bonds is 8. The molecule has 1 saturated heterocycles. The van der Waals surface area contributed by atoms with Crippen molar-refractivity contribution in [3.05, 3.63) is 95.8 Å². The number of piperidine rings is 1. The molecular weight excluding hydrogens is 452 g/mol. The molecule has 5 rings (SSSR count). The highest BCUT2D eigenvalue weighted by molar-refractivity contribution is 5.95. The van der Waals surface area contributed by atoms with Crippen molar-refractivity contribution < 1.29 is 14.6 Å². The van der Waals surface area contributed by atoms with Crippen LogP contribution in [0.25, 0.3) is 11.1 Å². The zero-order valence-electron chi connectivity index (χ0n) is 20.4. The summed E-state index contributed by atoms with van der Waals surface area (Å²) < 4.78 is 7.71. The van der Waals surface area contributed by atoms with Crippen molar-refractivity contribution in [2.75, 3.05) is 20.1 Å². The summed E-state index contributed by atoms with van der Waals surface area (Å²) in [4.78, 5) is 15.1. The summed E-state index contributed by atoms with van der Waals surface area (Å²) in [6, 6.07) is 23.3. The van der Waals surface area contributed by atoms with Gasteiger partial charge < -0.3 is 14.7 Å². The quantitative estimate of drug-likeness (QED) is 0.370. The Bertz CT molecular complexity index is 1310. The number of aromatic nitrogens is 3. The number of aromatic hydroxyl groups is 1. The molecule has 0 atom stereocenters. The zero-order chi connectivity index (χ0) is 24.9. The smallest absolute Gasteiger partial charge is 0.189 e. The Hall–Kier alpha value is -3.97. The molecule has 2 heterocycles. The molecule has 36 heavy (non-hydrogen) atoms. The first kappa shape index (κ1) is 23.8. The van der Waals surface area contributed by atoms with Crippen molar-refractivity contribution in [3.8, 4) is 22.6 Å². The molecule has 1 aliphatic rings. The van der Waals surface area contributed by atoms with Gasteiger partial charge in [-0.1, -0.05) is 59.8 Å². The van der Waals surface area contributed by atoms with Crippen LogP contribution in [-0.4, -0.2) is 57.0 Å². The summed E-state index contributed by atoms with van der Waals surface area (Å²) in [5, 5.41) is 18.0. The molecule has 1 N–H and O–H groups in total. The van der Waals surface area contributed by atoms with Gasteiger partial charge >= 0.3 is 0 Å². The van der Waals surface area contributed by atoms with E-state index in [0.717, 1.165) is 53.9 Å². The average molecular weight is 483 g/mol.